The Morgan fingerprint density at radius 1 is 1.12 bits per heavy atom. The molecule has 0 aliphatic carbocycles. The Morgan fingerprint density at radius 2 is 1.81 bits per heavy atom. The molecule has 1 amide bonds. The predicted octanol–water partition coefficient (Wildman–Crippen LogP) is 7.12. The van der Waals surface area contributed by atoms with Crippen LogP contribution >= 0.6 is 39.1 Å². The number of ether oxygens (including phenoxy) is 1. The Hall–Kier alpha value is -2.78. The fourth-order valence-corrected chi connectivity index (χ4v) is 4.16. The van der Waals surface area contributed by atoms with Gasteiger partial charge < -0.3 is 10.1 Å². The third-order valence-electron chi connectivity index (χ3n) is 4.67. The first-order chi connectivity index (χ1) is 15.4. The summed E-state index contributed by atoms with van der Waals surface area (Å²) in [4.78, 5) is 12.6. The van der Waals surface area contributed by atoms with E-state index in [0.717, 1.165) is 11.1 Å². The molecule has 3 rings (SSSR count). The van der Waals surface area contributed by atoms with Crippen molar-refractivity contribution in [2.24, 2.45) is 0 Å². The summed E-state index contributed by atoms with van der Waals surface area (Å²) in [5, 5.41) is 13.3. The zero-order valence-electron chi connectivity index (χ0n) is 17.1. The summed E-state index contributed by atoms with van der Waals surface area (Å²) in [6, 6.07) is 22.0. The van der Waals surface area contributed by atoms with E-state index in [1.54, 1.807) is 18.2 Å². The van der Waals surface area contributed by atoms with E-state index >= 15 is 0 Å². The molecule has 0 heterocycles. The van der Waals surface area contributed by atoms with Gasteiger partial charge in [0.1, 0.15) is 18.2 Å². The maximum Gasteiger partial charge on any atom is 0.262 e. The zero-order valence-corrected chi connectivity index (χ0v) is 20.2. The van der Waals surface area contributed by atoms with Crippen LogP contribution in [0.4, 0.5) is 0 Å². The molecule has 4 nitrogen and oxygen atoms in total. The number of rotatable bonds is 7. The number of nitrogens with zero attached hydrogens (tertiary/aromatic N) is 1. The number of halogens is 3. The summed E-state index contributed by atoms with van der Waals surface area (Å²) >= 11 is 16.0. The maximum absolute atomic E-state index is 12.6. The van der Waals surface area contributed by atoms with E-state index in [9.17, 15) is 10.1 Å². The fourth-order valence-electron chi connectivity index (χ4n) is 2.98. The molecular formula is C25H19BrCl2N2O2. The van der Waals surface area contributed by atoms with Crippen LogP contribution in [0.1, 0.15) is 29.7 Å². The van der Waals surface area contributed by atoms with Crippen LogP contribution in [0.15, 0.2) is 76.8 Å². The maximum atomic E-state index is 12.6. The molecule has 162 valence electrons. The second kappa shape index (κ2) is 11.2. The molecule has 0 aliphatic rings. The highest BCUT2D eigenvalue weighted by molar-refractivity contribution is 9.10. The summed E-state index contributed by atoms with van der Waals surface area (Å²) in [6.07, 6.45) is 1.49. The number of amides is 1. The van der Waals surface area contributed by atoms with E-state index in [-0.39, 0.29) is 18.2 Å². The summed E-state index contributed by atoms with van der Waals surface area (Å²) in [5.41, 5.74) is 2.34. The second-order valence-electron chi connectivity index (χ2n) is 6.97. The van der Waals surface area contributed by atoms with Crippen LogP contribution in [0.3, 0.4) is 0 Å². The van der Waals surface area contributed by atoms with Gasteiger partial charge in [-0.3, -0.25) is 4.79 Å². The molecular weight excluding hydrogens is 511 g/mol. The summed E-state index contributed by atoms with van der Waals surface area (Å²) < 4.78 is 6.44. The molecule has 0 unspecified atom stereocenters. The van der Waals surface area contributed by atoms with Gasteiger partial charge in [-0.2, -0.15) is 5.26 Å². The van der Waals surface area contributed by atoms with Gasteiger partial charge in [0.25, 0.3) is 5.91 Å². The Balaban J connectivity index is 1.75. The van der Waals surface area contributed by atoms with Gasteiger partial charge in [0.2, 0.25) is 0 Å². The van der Waals surface area contributed by atoms with Crippen LogP contribution < -0.4 is 10.1 Å². The Kier molecular flexibility index (Phi) is 8.35. The van der Waals surface area contributed by atoms with Crippen molar-refractivity contribution in [3.05, 3.63) is 104 Å². The van der Waals surface area contributed by atoms with Crippen molar-refractivity contribution in [3.63, 3.8) is 0 Å². The van der Waals surface area contributed by atoms with Gasteiger partial charge >= 0.3 is 0 Å². The van der Waals surface area contributed by atoms with Crippen molar-refractivity contribution in [2.75, 3.05) is 0 Å². The van der Waals surface area contributed by atoms with Crippen molar-refractivity contribution in [1.29, 1.82) is 5.26 Å². The monoisotopic (exact) mass is 528 g/mol. The van der Waals surface area contributed by atoms with Crippen LogP contribution in [0.25, 0.3) is 6.08 Å². The molecule has 1 N–H and O–H groups in total. The first-order valence-corrected chi connectivity index (χ1v) is 11.3. The van der Waals surface area contributed by atoms with Gasteiger partial charge in [0.05, 0.1) is 15.5 Å². The SMILES string of the molecule is C[C@@H](NC(=O)/C(C#N)=C\c1cc(Cl)c(OCc2ccccc2Cl)c(Br)c1)c1ccccc1. The van der Waals surface area contributed by atoms with Gasteiger partial charge in [-0.1, -0.05) is 71.7 Å². The number of carbonyl (C=O) groups is 1. The predicted molar refractivity (Wildman–Crippen MR) is 132 cm³/mol. The Bertz CT molecular complexity index is 1170. The van der Waals surface area contributed by atoms with Crippen LogP contribution in [0.2, 0.25) is 10.0 Å². The van der Waals surface area contributed by atoms with Crippen LogP contribution in [-0.4, -0.2) is 5.91 Å². The molecule has 7 heteroatoms. The minimum absolute atomic E-state index is 0.0273. The average Bonchev–Trinajstić information content (AvgIpc) is 2.78. The lowest BCUT2D eigenvalue weighted by molar-refractivity contribution is -0.117. The van der Waals surface area contributed by atoms with Crippen molar-refractivity contribution in [1.82, 2.24) is 5.32 Å². The second-order valence-corrected chi connectivity index (χ2v) is 8.64. The Labute approximate surface area is 205 Å². The van der Waals surface area contributed by atoms with Crippen LogP contribution in [0.5, 0.6) is 5.75 Å². The largest absolute Gasteiger partial charge is 0.486 e. The van der Waals surface area contributed by atoms with E-state index < -0.39 is 5.91 Å². The van der Waals surface area contributed by atoms with Crippen molar-refractivity contribution in [3.8, 4) is 11.8 Å². The first kappa shape index (κ1) is 23.9. The van der Waals surface area contributed by atoms with Crippen LogP contribution in [0, 0.1) is 11.3 Å². The van der Waals surface area contributed by atoms with Gasteiger partial charge in [0.15, 0.2) is 5.75 Å². The fraction of sp³-hybridized carbons (Fsp3) is 0.120. The molecule has 0 saturated heterocycles. The van der Waals surface area contributed by atoms with Crippen LogP contribution in [-0.2, 0) is 11.4 Å². The topological polar surface area (TPSA) is 62.1 Å². The average molecular weight is 530 g/mol. The molecule has 1 atom stereocenters. The third kappa shape index (κ3) is 6.14. The Morgan fingerprint density at radius 3 is 2.47 bits per heavy atom. The van der Waals surface area contributed by atoms with Gasteiger partial charge in [-0.15, -0.1) is 0 Å². The number of benzene rings is 3. The minimum Gasteiger partial charge on any atom is -0.486 e. The number of nitriles is 1. The number of hydrogen-bond acceptors (Lipinski definition) is 3. The lowest BCUT2D eigenvalue weighted by atomic mass is 10.1. The normalized spacial score (nSPS) is 12.0. The summed E-state index contributed by atoms with van der Waals surface area (Å²) in [6.45, 7) is 2.11. The summed E-state index contributed by atoms with van der Waals surface area (Å²) in [5.74, 6) is -0.0143. The molecule has 0 aromatic heterocycles. The molecule has 0 radical (unpaired) electrons. The molecule has 32 heavy (non-hydrogen) atoms. The van der Waals surface area contributed by atoms with Crippen molar-refractivity contribution in [2.45, 2.75) is 19.6 Å². The minimum atomic E-state index is -0.463. The van der Waals surface area contributed by atoms with E-state index in [4.69, 9.17) is 27.9 Å². The highest BCUT2D eigenvalue weighted by Crippen LogP contribution is 2.36. The van der Waals surface area contributed by atoms with E-state index in [1.807, 2.05) is 61.5 Å². The third-order valence-corrected chi connectivity index (χ3v) is 5.91. The van der Waals surface area contributed by atoms with E-state index in [0.29, 0.717) is 25.8 Å². The lowest BCUT2D eigenvalue weighted by Crippen LogP contribution is -2.27. The molecule has 3 aromatic carbocycles. The lowest BCUT2D eigenvalue weighted by Gasteiger charge is -2.14. The number of nitrogens with one attached hydrogen (secondary N) is 1. The standard InChI is InChI=1S/C25H19BrCl2N2O2/c1-16(18-7-3-2-4-8-18)30-25(31)20(14-29)11-17-12-21(26)24(23(28)13-17)32-15-19-9-5-6-10-22(19)27/h2-13,16H,15H2,1H3,(H,30,31)/b20-11-/t16-/m1/s1. The van der Waals surface area contributed by atoms with E-state index in [2.05, 4.69) is 21.2 Å². The quantitative estimate of drug-likeness (QED) is 0.262. The van der Waals surface area contributed by atoms with Gasteiger partial charge in [-0.25, -0.2) is 0 Å². The molecule has 3 aromatic rings. The molecule has 0 spiro atoms. The van der Waals surface area contributed by atoms with Gasteiger partial charge in [0, 0.05) is 10.6 Å². The molecule has 0 saturated carbocycles. The first-order valence-electron chi connectivity index (χ1n) is 9.72. The highest BCUT2D eigenvalue weighted by Gasteiger charge is 2.15. The number of carbonyl (C=O) groups excluding carboxylic acids is 1. The van der Waals surface area contributed by atoms with Gasteiger partial charge in [-0.05, 0) is 58.3 Å². The molecule has 0 aliphatic heterocycles. The smallest absolute Gasteiger partial charge is 0.262 e. The van der Waals surface area contributed by atoms with Crippen molar-refractivity contribution >= 4 is 51.1 Å². The van der Waals surface area contributed by atoms with Crippen molar-refractivity contribution < 1.29 is 9.53 Å². The summed E-state index contributed by atoms with van der Waals surface area (Å²) in [7, 11) is 0. The number of hydrogen-bond donors (Lipinski definition) is 1. The molecule has 0 fully saturated rings. The highest BCUT2D eigenvalue weighted by atomic mass is 79.9. The molecule has 0 bridgehead atoms. The zero-order chi connectivity index (χ0) is 23.1. The van der Waals surface area contributed by atoms with E-state index in [1.165, 1.54) is 6.08 Å².